The highest BCUT2D eigenvalue weighted by Crippen LogP contribution is 2.22. The van der Waals surface area contributed by atoms with Crippen LogP contribution in [-0.4, -0.2) is 18.8 Å². The van der Waals surface area contributed by atoms with Gasteiger partial charge in [-0.1, -0.05) is 11.6 Å². The summed E-state index contributed by atoms with van der Waals surface area (Å²) in [6, 6.07) is 22.2. The average Bonchev–Trinajstić information content (AvgIpc) is 3.50. The number of aromatic nitrogens is 4. The van der Waals surface area contributed by atoms with Gasteiger partial charge in [-0.15, -0.1) is 0 Å². The fraction of sp³-hybridized carbons (Fsp3) is 0. The molecule has 0 aliphatic carbocycles. The third-order valence-electron chi connectivity index (χ3n) is 5.16. The summed E-state index contributed by atoms with van der Waals surface area (Å²) >= 11 is 6.06. The first-order valence-corrected chi connectivity index (χ1v) is 9.96. The Morgan fingerprint density at radius 1 is 0.812 bits per heavy atom. The number of benzene rings is 2. The molecule has 0 spiro atoms. The molecule has 0 saturated carbocycles. The number of nitrogens with one attached hydrogen (secondary N) is 1. The minimum atomic E-state index is -0.146. The van der Waals surface area contributed by atoms with Gasteiger partial charge in [0.15, 0.2) is 5.15 Å². The maximum absolute atomic E-state index is 11.7. The first kappa shape index (κ1) is 19.4. The fourth-order valence-corrected chi connectivity index (χ4v) is 3.93. The second kappa shape index (κ2) is 7.59. The Morgan fingerprint density at radius 3 is 2.16 bits per heavy atom. The largest absolute Gasteiger partial charge is 0.319 e. The SMILES string of the molecule is N#Cc1ccc2c(c1)[nH]c(=O)c1cccn12.N#Cc1ccc2c(c1)nc(Cl)c1cccn12. The zero-order valence-electron chi connectivity index (χ0n) is 16.5. The summed E-state index contributed by atoms with van der Waals surface area (Å²) in [5, 5.41) is 18.1. The van der Waals surface area contributed by atoms with E-state index in [9.17, 15) is 4.79 Å². The number of nitrogens with zero attached hydrogens (tertiary/aromatic N) is 5. The molecule has 7 nitrogen and oxygen atoms in total. The molecule has 0 amide bonds. The molecule has 0 aliphatic rings. The van der Waals surface area contributed by atoms with E-state index in [2.05, 4.69) is 16.0 Å². The molecule has 0 fully saturated rings. The van der Waals surface area contributed by atoms with Gasteiger partial charge in [0, 0.05) is 12.4 Å². The number of hydrogen-bond donors (Lipinski definition) is 1. The van der Waals surface area contributed by atoms with E-state index in [1.807, 2.05) is 57.6 Å². The topological polar surface area (TPSA) is 102 Å². The summed E-state index contributed by atoms with van der Waals surface area (Å²) in [5.41, 5.74) is 5.70. The van der Waals surface area contributed by atoms with E-state index in [1.54, 1.807) is 30.3 Å². The summed E-state index contributed by atoms with van der Waals surface area (Å²) in [6.07, 6.45) is 3.76. The van der Waals surface area contributed by atoms with Crippen LogP contribution in [0.3, 0.4) is 0 Å². The molecule has 0 aliphatic heterocycles. The highest BCUT2D eigenvalue weighted by atomic mass is 35.5. The Hall–Kier alpha value is -4.59. The van der Waals surface area contributed by atoms with Gasteiger partial charge in [0.1, 0.15) is 5.52 Å². The van der Waals surface area contributed by atoms with Crippen LogP contribution in [0.5, 0.6) is 0 Å². The average molecular weight is 437 g/mol. The lowest BCUT2D eigenvalue weighted by Gasteiger charge is -2.04. The predicted octanol–water partition coefficient (Wildman–Crippen LogP) is 4.67. The van der Waals surface area contributed by atoms with E-state index in [1.165, 1.54) is 0 Å². The minimum Gasteiger partial charge on any atom is -0.319 e. The molecule has 152 valence electrons. The quantitative estimate of drug-likeness (QED) is 0.374. The van der Waals surface area contributed by atoms with E-state index in [0.717, 1.165) is 22.1 Å². The van der Waals surface area contributed by atoms with Crippen molar-refractivity contribution < 1.29 is 0 Å². The lowest BCUT2D eigenvalue weighted by molar-refractivity contribution is 1.19. The van der Waals surface area contributed by atoms with E-state index < -0.39 is 0 Å². The maximum atomic E-state index is 11.7. The fourth-order valence-electron chi connectivity index (χ4n) is 3.69. The van der Waals surface area contributed by atoms with Crippen LogP contribution in [0.25, 0.3) is 33.1 Å². The Bertz CT molecular complexity index is 1800. The van der Waals surface area contributed by atoms with Crippen molar-refractivity contribution in [2.45, 2.75) is 0 Å². The third-order valence-corrected chi connectivity index (χ3v) is 5.44. The van der Waals surface area contributed by atoms with Crippen LogP contribution < -0.4 is 5.56 Å². The number of rotatable bonds is 0. The van der Waals surface area contributed by atoms with Crippen LogP contribution in [0.1, 0.15) is 11.1 Å². The zero-order valence-corrected chi connectivity index (χ0v) is 17.2. The normalized spacial score (nSPS) is 10.7. The zero-order chi connectivity index (χ0) is 22.2. The molecule has 4 heterocycles. The van der Waals surface area contributed by atoms with Crippen LogP contribution >= 0.6 is 11.6 Å². The standard InChI is InChI=1S/C12H6ClN3.C12H7N3O/c13-12-11-2-1-5-16(11)10-4-3-8(7-14)6-9(10)15-12;13-7-8-3-4-10-9(6-8)14-12(16)11-2-1-5-15(10)11/h1-6H;1-6H,(H,14,16). The van der Waals surface area contributed by atoms with E-state index >= 15 is 0 Å². The van der Waals surface area contributed by atoms with Crippen molar-refractivity contribution in [1.29, 1.82) is 10.5 Å². The van der Waals surface area contributed by atoms with Gasteiger partial charge in [0.05, 0.1) is 50.8 Å². The summed E-state index contributed by atoms with van der Waals surface area (Å²) in [4.78, 5) is 18.7. The molecule has 2 aromatic carbocycles. The Kier molecular flexibility index (Phi) is 4.59. The molecule has 0 radical (unpaired) electrons. The van der Waals surface area contributed by atoms with Crippen LogP contribution in [0.4, 0.5) is 0 Å². The minimum absolute atomic E-state index is 0.146. The number of aromatic amines is 1. The summed E-state index contributed by atoms with van der Waals surface area (Å²) in [7, 11) is 0. The Balaban J connectivity index is 0.000000135. The van der Waals surface area contributed by atoms with E-state index in [0.29, 0.717) is 27.3 Å². The molecule has 4 aromatic heterocycles. The second-order valence-electron chi connectivity index (χ2n) is 7.04. The molecule has 8 heteroatoms. The van der Waals surface area contributed by atoms with Crippen molar-refractivity contribution in [3.05, 3.63) is 99.7 Å². The molecule has 0 unspecified atom stereocenters. The van der Waals surface area contributed by atoms with Crippen molar-refractivity contribution in [3.8, 4) is 12.1 Å². The highest BCUT2D eigenvalue weighted by Gasteiger charge is 2.06. The highest BCUT2D eigenvalue weighted by molar-refractivity contribution is 6.33. The van der Waals surface area contributed by atoms with Gasteiger partial charge in [-0.3, -0.25) is 4.79 Å². The molecule has 6 rings (SSSR count). The first-order valence-electron chi connectivity index (χ1n) is 9.59. The second-order valence-corrected chi connectivity index (χ2v) is 7.40. The molecule has 0 atom stereocenters. The van der Waals surface area contributed by atoms with Gasteiger partial charge < -0.3 is 13.8 Å². The van der Waals surface area contributed by atoms with Crippen LogP contribution in [-0.2, 0) is 0 Å². The van der Waals surface area contributed by atoms with Gasteiger partial charge in [-0.2, -0.15) is 10.5 Å². The molecular weight excluding hydrogens is 424 g/mol. The Labute approximate surface area is 186 Å². The number of H-pyrrole nitrogens is 1. The van der Waals surface area contributed by atoms with Crippen molar-refractivity contribution in [3.63, 3.8) is 0 Å². The van der Waals surface area contributed by atoms with Gasteiger partial charge in [-0.05, 0) is 60.7 Å². The number of fused-ring (bicyclic) bond motifs is 6. The van der Waals surface area contributed by atoms with Crippen molar-refractivity contribution >= 4 is 44.7 Å². The van der Waals surface area contributed by atoms with Crippen molar-refractivity contribution in [2.75, 3.05) is 0 Å². The van der Waals surface area contributed by atoms with Crippen LogP contribution in [0, 0.1) is 22.7 Å². The molecular formula is C24H13ClN6O. The lowest BCUT2D eigenvalue weighted by atomic mass is 10.2. The van der Waals surface area contributed by atoms with Crippen LogP contribution in [0.15, 0.2) is 77.9 Å². The smallest absolute Gasteiger partial charge is 0.272 e. The summed E-state index contributed by atoms with van der Waals surface area (Å²) < 4.78 is 3.78. The molecule has 6 aromatic rings. The molecule has 0 bridgehead atoms. The number of halogens is 1. The maximum Gasteiger partial charge on any atom is 0.272 e. The van der Waals surface area contributed by atoms with Crippen molar-refractivity contribution in [2.24, 2.45) is 0 Å². The first-order chi connectivity index (χ1) is 15.6. The molecule has 0 saturated heterocycles. The van der Waals surface area contributed by atoms with Gasteiger partial charge in [0.25, 0.3) is 5.56 Å². The van der Waals surface area contributed by atoms with Gasteiger partial charge in [-0.25, -0.2) is 4.98 Å². The number of nitriles is 2. The summed E-state index contributed by atoms with van der Waals surface area (Å²) in [6.45, 7) is 0. The van der Waals surface area contributed by atoms with E-state index in [4.69, 9.17) is 22.1 Å². The van der Waals surface area contributed by atoms with Crippen molar-refractivity contribution in [1.82, 2.24) is 18.8 Å². The monoisotopic (exact) mass is 436 g/mol. The lowest BCUT2D eigenvalue weighted by Crippen LogP contribution is -2.09. The third kappa shape index (κ3) is 3.14. The molecule has 1 N–H and O–H groups in total. The Morgan fingerprint density at radius 2 is 1.44 bits per heavy atom. The summed E-state index contributed by atoms with van der Waals surface area (Å²) in [5.74, 6) is 0. The molecule has 32 heavy (non-hydrogen) atoms. The number of hydrogen-bond acceptors (Lipinski definition) is 4. The van der Waals surface area contributed by atoms with Crippen LogP contribution in [0.2, 0.25) is 5.15 Å². The van der Waals surface area contributed by atoms with E-state index in [-0.39, 0.29) is 5.56 Å². The predicted molar refractivity (Wildman–Crippen MR) is 123 cm³/mol. The van der Waals surface area contributed by atoms with Gasteiger partial charge >= 0.3 is 0 Å². The van der Waals surface area contributed by atoms with Gasteiger partial charge in [0.2, 0.25) is 0 Å².